The molecule has 0 unspecified atom stereocenters. The van der Waals surface area contributed by atoms with E-state index in [1.807, 2.05) is 6.20 Å². The number of rotatable bonds is 1. The molecule has 68 valence electrons. The van der Waals surface area contributed by atoms with E-state index in [-0.39, 0.29) is 5.91 Å². The van der Waals surface area contributed by atoms with Crippen molar-refractivity contribution in [3.8, 4) is 0 Å². The summed E-state index contributed by atoms with van der Waals surface area (Å²) < 4.78 is 0. The number of hydrogen-bond donors (Lipinski definition) is 1. The molecule has 3 nitrogen and oxygen atoms in total. The fourth-order valence-electron chi connectivity index (χ4n) is 1.87. The molecule has 3 heteroatoms. The van der Waals surface area contributed by atoms with Crippen LogP contribution in [0.25, 0.3) is 0 Å². The van der Waals surface area contributed by atoms with Crippen molar-refractivity contribution in [3.05, 3.63) is 29.1 Å². The molecule has 0 saturated heterocycles. The molecule has 1 amide bonds. The molecule has 2 N–H and O–H groups in total. The topological polar surface area (TPSA) is 56.0 Å². The van der Waals surface area contributed by atoms with Crippen LogP contribution < -0.4 is 5.73 Å². The van der Waals surface area contributed by atoms with E-state index in [1.165, 1.54) is 12.0 Å². The first-order chi connectivity index (χ1) is 6.29. The first-order valence-corrected chi connectivity index (χ1v) is 4.54. The summed E-state index contributed by atoms with van der Waals surface area (Å²) in [6, 6.07) is 0. The summed E-state index contributed by atoms with van der Waals surface area (Å²) in [5.41, 5.74) is 8.18. The Morgan fingerprint density at radius 1 is 1.31 bits per heavy atom. The van der Waals surface area contributed by atoms with Gasteiger partial charge in [-0.1, -0.05) is 0 Å². The third kappa shape index (κ3) is 1.41. The molecular formula is C10H12N2O. The number of nitrogens with two attached hydrogens (primary N) is 1. The van der Waals surface area contributed by atoms with Crippen LogP contribution in [0.1, 0.15) is 34.3 Å². The lowest BCUT2D eigenvalue weighted by molar-refractivity contribution is 0.0998. The second-order valence-corrected chi connectivity index (χ2v) is 3.40. The van der Waals surface area contributed by atoms with Crippen LogP contribution in [0, 0.1) is 0 Å². The Morgan fingerprint density at radius 3 is 2.85 bits per heavy atom. The van der Waals surface area contributed by atoms with E-state index in [1.54, 1.807) is 6.20 Å². The highest BCUT2D eigenvalue weighted by atomic mass is 16.1. The van der Waals surface area contributed by atoms with Gasteiger partial charge < -0.3 is 5.73 Å². The predicted molar refractivity (Wildman–Crippen MR) is 49.4 cm³/mol. The Morgan fingerprint density at radius 2 is 2.08 bits per heavy atom. The zero-order chi connectivity index (χ0) is 9.26. The van der Waals surface area contributed by atoms with Crippen molar-refractivity contribution < 1.29 is 4.79 Å². The van der Waals surface area contributed by atoms with Gasteiger partial charge in [-0.15, -0.1) is 0 Å². The van der Waals surface area contributed by atoms with Crippen LogP contribution in [-0.2, 0) is 12.8 Å². The van der Waals surface area contributed by atoms with Crippen molar-refractivity contribution >= 4 is 5.91 Å². The summed E-state index contributed by atoms with van der Waals surface area (Å²) in [6.45, 7) is 0. The number of carbonyl (C=O) groups is 1. The first-order valence-electron chi connectivity index (χ1n) is 4.54. The molecule has 0 fully saturated rings. The molecule has 1 aliphatic carbocycles. The van der Waals surface area contributed by atoms with Crippen LogP contribution in [0.2, 0.25) is 0 Å². The third-order valence-electron chi connectivity index (χ3n) is 2.54. The van der Waals surface area contributed by atoms with Gasteiger partial charge in [0, 0.05) is 12.4 Å². The maximum absolute atomic E-state index is 11.1. The monoisotopic (exact) mass is 176 g/mol. The molecule has 1 heterocycles. The molecule has 0 saturated carbocycles. The van der Waals surface area contributed by atoms with Crippen LogP contribution in [0.3, 0.4) is 0 Å². The van der Waals surface area contributed by atoms with E-state index >= 15 is 0 Å². The molecule has 0 bridgehead atoms. The van der Waals surface area contributed by atoms with Crippen molar-refractivity contribution in [3.63, 3.8) is 0 Å². The lowest BCUT2D eigenvalue weighted by Crippen LogP contribution is -2.17. The lowest BCUT2D eigenvalue weighted by Gasteiger charge is -2.16. The van der Waals surface area contributed by atoms with Crippen molar-refractivity contribution in [2.75, 3.05) is 0 Å². The van der Waals surface area contributed by atoms with E-state index < -0.39 is 0 Å². The number of hydrogen-bond acceptors (Lipinski definition) is 2. The highest BCUT2D eigenvalue weighted by molar-refractivity contribution is 5.94. The van der Waals surface area contributed by atoms with Gasteiger partial charge in [0.2, 0.25) is 0 Å². The SMILES string of the molecule is NC(=O)c1cncc2c1CCCC2. The van der Waals surface area contributed by atoms with Gasteiger partial charge in [-0.25, -0.2) is 0 Å². The Balaban J connectivity index is 2.52. The second-order valence-electron chi connectivity index (χ2n) is 3.40. The van der Waals surface area contributed by atoms with Gasteiger partial charge in [-0.3, -0.25) is 9.78 Å². The fraction of sp³-hybridized carbons (Fsp3) is 0.400. The average molecular weight is 176 g/mol. The molecular weight excluding hydrogens is 164 g/mol. The lowest BCUT2D eigenvalue weighted by atomic mass is 9.90. The zero-order valence-electron chi connectivity index (χ0n) is 7.42. The molecule has 1 aliphatic rings. The summed E-state index contributed by atoms with van der Waals surface area (Å²) >= 11 is 0. The van der Waals surface area contributed by atoms with Gasteiger partial charge >= 0.3 is 0 Å². The fourth-order valence-corrected chi connectivity index (χ4v) is 1.87. The molecule has 0 spiro atoms. The van der Waals surface area contributed by atoms with Gasteiger partial charge in [0.25, 0.3) is 5.91 Å². The number of amides is 1. The van der Waals surface area contributed by atoms with E-state index in [0.717, 1.165) is 24.8 Å². The molecule has 2 rings (SSSR count). The zero-order valence-corrected chi connectivity index (χ0v) is 7.42. The molecule has 13 heavy (non-hydrogen) atoms. The van der Waals surface area contributed by atoms with Crippen molar-refractivity contribution in [1.82, 2.24) is 4.98 Å². The van der Waals surface area contributed by atoms with Crippen LogP contribution in [0.15, 0.2) is 12.4 Å². The standard InChI is InChI=1S/C10H12N2O/c11-10(13)9-6-12-5-7-3-1-2-4-8(7)9/h5-6H,1-4H2,(H2,11,13). The minimum atomic E-state index is -0.355. The summed E-state index contributed by atoms with van der Waals surface area (Å²) in [7, 11) is 0. The maximum Gasteiger partial charge on any atom is 0.250 e. The highest BCUT2D eigenvalue weighted by Gasteiger charge is 2.15. The van der Waals surface area contributed by atoms with Crippen LogP contribution in [-0.4, -0.2) is 10.9 Å². The molecule has 0 atom stereocenters. The minimum Gasteiger partial charge on any atom is -0.366 e. The van der Waals surface area contributed by atoms with Crippen molar-refractivity contribution in [2.24, 2.45) is 5.73 Å². The van der Waals surface area contributed by atoms with Crippen LogP contribution in [0.4, 0.5) is 0 Å². The summed E-state index contributed by atoms with van der Waals surface area (Å²) in [4.78, 5) is 15.1. The molecule has 0 radical (unpaired) electrons. The van der Waals surface area contributed by atoms with Gasteiger partial charge in [0.1, 0.15) is 0 Å². The van der Waals surface area contributed by atoms with Gasteiger partial charge in [-0.2, -0.15) is 0 Å². The van der Waals surface area contributed by atoms with Crippen LogP contribution >= 0.6 is 0 Å². The Bertz CT molecular complexity index is 347. The van der Waals surface area contributed by atoms with E-state index in [0.29, 0.717) is 5.56 Å². The molecule has 1 aromatic heterocycles. The van der Waals surface area contributed by atoms with E-state index in [4.69, 9.17) is 5.73 Å². The molecule has 0 aromatic carbocycles. The third-order valence-corrected chi connectivity index (χ3v) is 2.54. The van der Waals surface area contributed by atoms with Crippen molar-refractivity contribution in [1.29, 1.82) is 0 Å². The van der Waals surface area contributed by atoms with Crippen molar-refractivity contribution in [2.45, 2.75) is 25.7 Å². The molecule has 1 aromatic rings. The quantitative estimate of drug-likeness (QED) is 0.695. The second kappa shape index (κ2) is 3.17. The average Bonchev–Trinajstić information content (AvgIpc) is 2.17. The summed E-state index contributed by atoms with van der Waals surface area (Å²) in [6.07, 6.45) is 7.77. The smallest absolute Gasteiger partial charge is 0.250 e. The number of nitrogens with zero attached hydrogens (tertiary/aromatic N) is 1. The van der Waals surface area contributed by atoms with Gasteiger partial charge in [-0.05, 0) is 36.8 Å². The Labute approximate surface area is 77.0 Å². The van der Waals surface area contributed by atoms with E-state index in [2.05, 4.69) is 4.98 Å². The number of fused-ring (bicyclic) bond motifs is 1. The number of aryl methyl sites for hydroxylation is 1. The van der Waals surface area contributed by atoms with E-state index in [9.17, 15) is 4.79 Å². The highest BCUT2D eigenvalue weighted by Crippen LogP contribution is 2.22. The summed E-state index contributed by atoms with van der Waals surface area (Å²) in [5, 5.41) is 0. The maximum atomic E-state index is 11.1. The Kier molecular flexibility index (Phi) is 2.00. The number of primary amides is 1. The first kappa shape index (κ1) is 8.23. The minimum absolute atomic E-state index is 0.355. The van der Waals surface area contributed by atoms with Gasteiger partial charge in [0.05, 0.1) is 5.56 Å². The Hall–Kier alpha value is -1.38. The normalized spacial score (nSPS) is 15.1. The number of pyridine rings is 1. The summed E-state index contributed by atoms with van der Waals surface area (Å²) in [5.74, 6) is -0.355. The predicted octanol–water partition coefficient (Wildman–Crippen LogP) is 1.06. The van der Waals surface area contributed by atoms with Crippen LogP contribution in [0.5, 0.6) is 0 Å². The van der Waals surface area contributed by atoms with Gasteiger partial charge in [0.15, 0.2) is 0 Å². The number of aromatic nitrogens is 1. The number of carbonyl (C=O) groups excluding carboxylic acids is 1. The largest absolute Gasteiger partial charge is 0.366 e. The molecule has 0 aliphatic heterocycles.